The van der Waals surface area contributed by atoms with Crippen LogP contribution < -0.4 is 14.2 Å². The maximum atomic E-state index is 13.3. The molecule has 4 rings (SSSR count). The van der Waals surface area contributed by atoms with E-state index in [0.717, 1.165) is 11.1 Å². The molecule has 0 fully saturated rings. The predicted molar refractivity (Wildman–Crippen MR) is 166 cm³/mol. The third kappa shape index (κ3) is 8.13. The zero-order valence-electron chi connectivity index (χ0n) is 25.3. The van der Waals surface area contributed by atoms with Crippen molar-refractivity contribution >= 4 is 35.4 Å². The number of amides is 1. The first-order valence-electron chi connectivity index (χ1n) is 14.6. The molecule has 1 heterocycles. The zero-order chi connectivity index (χ0) is 32.7. The summed E-state index contributed by atoms with van der Waals surface area (Å²) in [4.78, 5) is 51.6. The highest BCUT2D eigenvalue weighted by molar-refractivity contribution is 6.34. The summed E-state index contributed by atoms with van der Waals surface area (Å²) >= 11 is 6.21. The number of nitrogens with zero attached hydrogens (tertiary/aromatic N) is 1. The number of carbonyl (C=O) groups excluding carboxylic acids is 2. The number of Topliss-reactive ketones (excluding diaryl/α,β-unsaturated/α-hetero) is 1. The highest BCUT2D eigenvalue weighted by atomic mass is 35.5. The number of ether oxygens (including phenoxy) is 3. The molecule has 10 nitrogen and oxygen atoms in total. The van der Waals surface area contributed by atoms with Crippen LogP contribution in [-0.4, -0.2) is 59.2 Å². The number of benzene rings is 3. The van der Waals surface area contributed by atoms with Gasteiger partial charge in [0, 0.05) is 24.1 Å². The standard InChI is InChI=1S/C34H36ClNO9/c1-4-21(32(39)27-7-5-6-8-28(27)35)14-23(33(40)41)13-20-9-11-26(12-10-20)45-34(42)36-19-24-17-30(44-3)29(43-2)16-22(24)15-25(36)18-31(37)38/h5-12,16-17,21,23,25H,4,13-15,18-19H2,1-3H3,(H,37,38)(H,40,41)/t21?,23-,25?/m1/s1. The van der Waals surface area contributed by atoms with E-state index in [1.807, 2.05) is 6.92 Å². The van der Waals surface area contributed by atoms with E-state index in [4.69, 9.17) is 25.8 Å². The quantitative estimate of drug-likeness (QED) is 0.207. The van der Waals surface area contributed by atoms with Crippen molar-refractivity contribution in [2.24, 2.45) is 11.8 Å². The minimum atomic E-state index is -1.04. The first-order valence-corrected chi connectivity index (χ1v) is 15.0. The van der Waals surface area contributed by atoms with Gasteiger partial charge in [0.1, 0.15) is 5.75 Å². The topological polar surface area (TPSA) is 140 Å². The van der Waals surface area contributed by atoms with E-state index in [2.05, 4.69) is 0 Å². The van der Waals surface area contributed by atoms with Crippen molar-refractivity contribution in [3.63, 3.8) is 0 Å². The zero-order valence-corrected chi connectivity index (χ0v) is 26.1. The molecular weight excluding hydrogens is 602 g/mol. The molecule has 0 bridgehead atoms. The number of hydrogen-bond donors (Lipinski definition) is 2. The number of hydrogen-bond acceptors (Lipinski definition) is 7. The highest BCUT2D eigenvalue weighted by Gasteiger charge is 2.34. The molecule has 2 unspecified atom stereocenters. The van der Waals surface area contributed by atoms with Gasteiger partial charge in [0.15, 0.2) is 17.3 Å². The largest absolute Gasteiger partial charge is 0.493 e. The van der Waals surface area contributed by atoms with E-state index < -0.39 is 35.9 Å². The number of methoxy groups -OCH3 is 2. The van der Waals surface area contributed by atoms with Gasteiger partial charge in [-0.3, -0.25) is 19.3 Å². The number of carbonyl (C=O) groups is 4. The second-order valence-corrected chi connectivity index (χ2v) is 11.4. The van der Waals surface area contributed by atoms with Gasteiger partial charge in [-0.25, -0.2) is 4.79 Å². The van der Waals surface area contributed by atoms with E-state index in [1.54, 1.807) is 60.7 Å². The summed E-state index contributed by atoms with van der Waals surface area (Å²) in [6.45, 7) is 1.97. The van der Waals surface area contributed by atoms with E-state index >= 15 is 0 Å². The van der Waals surface area contributed by atoms with Crippen molar-refractivity contribution in [3.8, 4) is 17.2 Å². The Hall–Kier alpha value is -4.57. The molecular formula is C34H36ClNO9. The second kappa shape index (κ2) is 14.9. The van der Waals surface area contributed by atoms with Gasteiger partial charge in [0.2, 0.25) is 0 Å². The average Bonchev–Trinajstić information content (AvgIpc) is 3.02. The minimum absolute atomic E-state index is 0.121. The van der Waals surface area contributed by atoms with Gasteiger partial charge in [-0.1, -0.05) is 42.8 Å². The number of halogens is 1. The van der Waals surface area contributed by atoms with E-state index in [-0.39, 0.29) is 37.3 Å². The van der Waals surface area contributed by atoms with Crippen LogP contribution >= 0.6 is 11.6 Å². The Bertz CT molecular complexity index is 1560. The Morgan fingerprint density at radius 3 is 2.16 bits per heavy atom. The van der Waals surface area contributed by atoms with Crippen molar-refractivity contribution in [3.05, 3.63) is 87.9 Å². The van der Waals surface area contributed by atoms with Gasteiger partial charge >= 0.3 is 18.0 Å². The molecule has 3 aromatic carbocycles. The lowest BCUT2D eigenvalue weighted by Crippen LogP contribution is -2.46. The molecule has 1 aliphatic heterocycles. The molecule has 0 aromatic heterocycles. The summed E-state index contributed by atoms with van der Waals surface area (Å²) < 4.78 is 16.4. The van der Waals surface area contributed by atoms with Crippen molar-refractivity contribution in [2.45, 2.75) is 51.6 Å². The van der Waals surface area contributed by atoms with Crippen LogP contribution in [0.15, 0.2) is 60.7 Å². The number of carboxylic acids is 2. The summed E-state index contributed by atoms with van der Waals surface area (Å²) in [6.07, 6.45) is 0.102. The molecule has 45 heavy (non-hydrogen) atoms. The summed E-state index contributed by atoms with van der Waals surface area (Å²) in [5, 5.41) is 19.8. The van der Waals surface area contributed by atoms with Crippen LogP contribution in [-0.2, 0) is 29.0 Å². The van der Waals surface area contributed by atoms with Crippen molar-refractivity contribution in [1.29, 1.82) is 0 Å². The lowest BCUT2D eigenvalue weighted by atomic mass is 9.84. The fourth-order valence-corrected chi connectivity index (χ4v) is 5.90. The average molecular weight is 638 g/mol. The summed E-state index contributed by atoms with van der Waals surface area (Å²) in [5.74, 6) is -2.34. The first-order chi connectivity index (χ1) is 21.5. The molecule has 0 spiro atoms. The molecule has 238 valence electrons. The number of fused-ring (bicyclic) bond motifs is 1. The number of carboxylic acid groups (broad SMARTS) is 2. The summed E-state index contributed by atoms with van der Waals surface area (Å²) in [6, 6.07) is 16.1. The van der Waals surface area contributed by atoms with E-state index in [0.29, 0.717) is 40.5 Å². The van der Waals surface area contributed by atoms with Gasteiger partial charge in [0.25, 0.3) is 0 Å². The van der Waals surface area contributed by atoms with Crippen LogP contribution in [0.25, 0.3) is 0 Å². The number of aliphatic carboxylic acids is 2. The maximum Gasteiger partial charge on any atom is 0.415 e. The van der Waals surface area contributed by atoms with Crippen molar-refractivity contribution in [2.75, 3.05) is 14.2 Å². The van der Waals surface area contributed by atoms with E-state index in [9.17, 15) is 29.4 Å². The van der Waals surface area contributed by atoms with Gasteiger partial charge in [0.05, 0.1) is 31.6 Å². The lowest BCUT2D eigenvalue weighted by Gasteiger charge is -2.35. The Morgan fingerprint density at radius 1 is 0.933 bits per heavy atom. The second-order valence-electron chi connectivity index (χ2n) is 11.0. The van der Waals surface area contributed by atoms with Crippen LogP contribution in [0.4, 0.5) is 4.79 Å². The van der Waals surface area contributed by atoms with Crippen LogP contribution in [0.2, 0.25) is 5.02 Å². The predicted octanol–water partition coefficient (Wildman–Crippen LogP) is 6.30. The third-order valence-corrected chi connectivity index (χ3v) is 8.45. The molecule has 0 saturated heterocycles. The van der Waals surface area contributed by atoms with Gasteiger partial charge in [-0.2, -0.15) is 0 Å². The Balaban J connectivity index is 1.45. The molecule has 1 amide bonds. The fraction of sp³-hybridized carbons (Fsp3) is 0.353. The molecule has 0 aliphatic carbocycles. The van der Waals surface area contributed by atoms with Gasteiger partial charge in [-0.15, -0.1) is 0 Å². The minimum Gasteiger partial charge on any atom is -0.493 e. The Labute approximate surface area is 266 Å². The van der Waals surface area contributed by atoms with Gasteiger partial charge in [-0.05, 0) is 78.8 Å². The summed E-state index contributed by atoms with van der Waals surface area (Å²) in [5.41, 5.74) is 2.72. The van der Waals surface area contributed by atoms with Gasteiger partial charge < -0.3 is 24.4 Å². The fourth-order valence-electron chi connectivity index (χ4n) is 5.67. The third-order valence-electron chi connectivity index (χ3n) is 8.12. The van der Waals surface area contributed by atoms with Crippen LogP contribution in [0.3, 0.4) is 0 Å². The molecule has 2 N–H and O–H groups in total. The molecule has 0 saturated carbocycles. The SMILES string of the molecule is CCC(C[C@@H](Cc1ccc(OC(=O)N2Cc3cc(OC)c(OC)cc3CC2CC(=O)O)cc1)C(=O)O)C(=O)c1ccccc1Cl. The van der Waals surface area contributed by atoms with Crippen LogP contribution in [0.5, 0.6) is 17.2 Å². The van der Waals surface area contributed by atoms with Crippen molar-refractivity contribution < 1.29 is 43.6 Å². The molecule has 11 heteroatoms. The highest BCUT2D eigenvalue weighted by Crippen LogP contribution is 2.36. The van der Waals surface area contributed by atoms with Crippen LogP contribution in [0, 0.1) is 11.8 Å². The molecule has 0 radical (unpaired) electrons. The molecule has 3 atom stereocenters. The lowest BCUT2D eigenvalue weighted by molar-refractivity contribution is -0.142. The first kappa shape index (κ1) is 33.3. The Morgan fingerprint density at radius 2 is 1.58 bits per heavy atom. The summed E-state index contributed by atoms with van der Waals surface area (Å²) in [7, 11) is 3.03. The molecule has 1 aliphatic rings. The monoisotopic (exact) mass is 637 g/mol. The van der Waals surface area contributed by atoms with Crippen molar-refractivity contribution in [1.82, 2.24) is 4.90 Å². The van der Waals surface area contributed by atoms with E-state index in [1.165, 1.54) is 19.1 Å². The normalized spacial score (nSPS) is 15.4. The number of ketones is 1. The Kier molecular flexibility index (Phi) is 11.1. The van der Waals surface area contributed by atoms with Crippen LogP contribution in [0.1, 0.15) is 53.2 Å². The molecule has 3 aromatic rings. The number of rotatable bonds is 13. The maximum absolute atomic E-state index is 13.3. The smallest absolute Gasteiger partial charge is 0.415 e.